The van der Waals surface area contributed by atoms with Gasteiger partial charge in [0.05, 0.1) is 42.3 Å². The number of anilines is 1. The molecule has 0 saturated carbocycles. The molecule has 0 aliphatic carbocycles. The molecule has 2 aromatic rings. The summed E-state index contributed by atoms with van der Waals surface area (Å²) < 4.78 is 10.4. The SMILES string of the molecule is COc1ccc([C@@H]2CC(=O)NC(SCC(=O)Nc3ccccc3OC)=C2C#N)cc1. The van der Waals surface area contributed by atoms with Gasteiger partial charge in [0.1, 0.15) is 11.5 Å². The first-order valence-corrected chi connectivity index (χ1v) is 10.2. The predicted molar refractivity (Wildman–Crippen MR) is 115 cm³/mol. The number of allylic oxidation sites excluding steroid dienone is 1. The van der Waals surface area contributed by atoms with E-state index < -0.39 is 0 Å². The number of ether oxygens (including phenoxy) is 2. The number of hydrogen-bond donors (Lipinski definition) is 2. The predicted octanol–water partition coefficient (Wildman–Crippen LogP) is 3.41. The van der Waals surface area contributed by atoms with Gasteiger partial charge in [0.2, 0.25) is 11.8 Å². The second-order valence-corrected chi connectivity index (χ2v) is 7.46. The zero-order valence-corrected chi connectivity index (χ0v) is 17.4. The van der Waals surface area contributed by atoms with Crippen LogP contribution in [0.4, 0.5) is 5.69 Å². The Hall–Kier alpha value is -3.44. The Kier molecular flexibility index (Phi) is 6.99. The van der Waals surface area contributed by atoms with E-state index in [2.05, 4.69) is 16.7 Å². The summed E-state index contributed by atoms with van der Waals surface area (Å²) >= 11 is 1.13. The maximum Gasteiger partial charge on any atom is 0.234 e. The molecular formula is C22H21N3O4S. The lowest BCUT2D eigenvalue weighted by molar-refractivity contribution is -0.121. The summed E-state index contributed by atoms with van der Waals surface area (Å²) in [5.41, 5.74) is 1.84. The molecule has 1 aliphatic heterocycles. The Bertz CT molecular complexity index is 1010. The number of thioether (sulfide) groups is 1. The van der Waals surface area contributed by atoms with Crippen LogP contribution in [-0.2, 0) is 9.59 Å². The van der Waals surface area contributed by atoms with Crippen molar-refractivity contribution in [2.45, 2.75) is 12.3 Å². The number of methoxy groups -OCH3 is 2. The number of para-hydroxylation sites is 2. The number of rotatable bonds is 7. The highest BCUT2D eigenvalue weighted by molar-refractivity contribution is 8.03. The minimum atomic E-state index is -0.366. The third-order valence-electron chi connectivity index (χ3n) is 4.60. The van der Waals surface area contributed by atoms with E-state index in [1.807, 2.05) is 18.2 Å². The van der Waals surface area contributed by atoms with E-state index in [0.717, 1.165) is 17.3 Å². The number of carbonyl (C=O) groups excluding carboxylic acids is 2. The molecule has 2 N–H and O–H groups in total. The van der Waals surface area contributed by atoms with Crippen molar-refractivity contribution < 1.29 is 19.1 Å². The molecule has 0 fully saturated rings. The Labute approximate surface area is 179 Å². The van der Waals surface area contributed by atoms with Gasteiger partial charge < -0.3 is 20.1 Å². The third kappa shape index (κ3) is 4.93. The number of nitrogens with zero attached hydrogens (tertiary/aromatic N) is 1. The fraction of sp³-hybridized carbons (Fsp3) is 0.227. The Morgan fingerprint density at radius 1 is 1.20 bits per heavy atom. The zero-order chi connectivity index (χ0) is 21.5. The van der Waals surface area contributed by atoms with Crippen molar-refractivity contribution in [3.63, 3.8) is 0 Å². The van der Waals surface area contributed by atoms with Gasteiger partial charge in [-0.2, -0.15) is 5.26 Å². The van der Waals surface area contributed by atoms with Crippen molar-refractivity contribution in [2.24, 2.45) is 0 Å². The minimum absolute atomic E-state index is 0.0359. The number of hydrogen-bond acceptors (Lipinski definition) is 6. The highest BCUT2D eigenvalue weighted by Crippen LogP contribution is 2.36. The molecule has 8 heteroatoms. The number of amides is 2. The molecule has 2 aromatic carbocycles. The van der Waals surface area contributed by atoms with E-state index in [1.54, 1.807) is 37.4 Å². The van der Waals surface area contributed by atoms with Crippen LogP contribution < -0.4 is 20.1 Å². The van der Waals surface area contributed by atoms with Gasteiger partial charge in [-0.3, -0.25) is 9.59 Å². The Morgan fingerprint density at radius 3 is 2.60 bits per heavy atom. The van der Waals surface area contributed by atoms with Crippen LogP contribution >= 0.6 is 11.8 Å². The molecule has 0 saturated heterocycles. The molecule has 30 heavy (non-hydrogen) atoms. The average molecular weight is 423 g/mol. The summed E-state index contributed by atoms with van der Waals surface area (Å²) in [6.07, 6.45) is 0.173. The molecule has 154 valence electrons. The first kappa shape index (κ1) is 21.3. The molecule has 0 bridgehead atoms. The molecule has 0 aromatic heterocycles. The van der Waals surface area contributed by atoms with Crippen LogP contribution in [0, 0.1) is 11.3 Å². The van der Waals surface area contributed by atoms with E-state index >= 15 is 0 Å². The van der Waals surface area contributed by atoms with Gasteiger partial charge in [0, 0.05) is 12.3 Å². The van der Waals surface area contributed by atoms with Gasteiger partial charge in [-0.25, -0.2) is 0 Å². The van der Waals surface area contributed by atoms with Gasteiger partial charge in [0.15, 0.2) is 0 Å². The lowest BCUT2D eigenvalue weighted by atomic mass is 9.87. The smallest absolute Gasteiger partial charge is 0.234 e. The highest BCUT2D eigenvalue weighted by Gasteiger charge is 2.30. The van der Waals surface area contributed by atoms with E-state index in [0.29, 0.717) is 27.8 Å². The molecule has 1 aliphatic rings. The third-order valence-corrected chi connectivity index (χ3v) is 5.62. The standard InChI is InChI=1S/C22H21N3O4S/c1-28-15-9-7-14(8-10-15)16-11-20(26)25-22(17(16)12-23)30-13-21(27)24-18-5-3-4-6-19(18)29-2/h3-10,16H,11,13H2,1-2H3,(H,24,27)(H,25,26)/t16-/m0/s1. The summed E-state index contributed by atoms with van der Waals surface area (Å²) in [5.74, 6) is 0.461. The van der Waals surface area contributed by atoms with Crippen LogP contribution in [-0.4, -0.2) is 31.8 Å². The summed E-state index contributed by atoms with van der Waals surface area (Å²) in [4.78, 5) is 24.7. The molecular weight excluding hydrogens is 402 g/mol. The number of nitrogens with one attached hydrogen (secondary N) is 2. The monoisotopic (exact) mass is 423 g/mol. The Morgan fingerprint density at radius 2 is 1.93 bits per heavy atom. The molecule has 0 unspecified atom stereocenters. The number of nitriles is 1. The van der Waals surface area contributed by atoms with E-state index in [-0.39, 0.29) is 29.9 Å². The first-order valence-electron chi connectivity index (χ1n) is 9.19. The summed E-state index contributed by atoms with van der Waals surface area (Å²) in [5, 5.41) is 15.7. The van der Waals surface area contributed by atoms with Gasteiger partial charge >= 0.3 is 0 Å². The van der Waals surface area contributed by atoms with Crippen molar-refractivity contribution in [1.82, 2.24) is 5.32 Å². The van der Waals surface area contributed by atoms with Gasteiger partial charge in [-0.1, -0.05) is 36.0 Å². The van der Waals surface area contributed by atoms with Crippen molar-refractivity contribution in [3.8, 4) is 17.6 Å². The molecule has 1 atom stereocenters. The summed E-state index contributed by atoms with van der Waals surface area (Å²) in [7, 11) is 3.11. The van der Waals surface area contributed by atoms with Crippen LogP contribution in [0.25, 0.3) is 0 Å². The lowest BCUT2D eigenvalue weighted by Gasteiger charge is -2.25. The summed E-state index contributed by atoms with van der Waals surface area (Å²) in [6, 6.07) is 16.6. The fourth-order valence-corrected chi connectivity index (χ4v) is 4.00. The van der Waals surface area contributed by atoms with E-state index in [9.17, 15) is 14.9 Å². The molecule has 1 heterocycles. The largest absolute Gasteiger partial charge is 0.497 e. The maximum absolute atomic E-state index is 12.4. The molecule has 0 radical (unpaired) electrons. The number of carbonyl (C=O) groups is 2. The van der Waals surface area contributed by atoms with Crippen LogP contribution in [0.2, 0.25) is 0 Å². The first-order chi connectivity index (χ1) is 14.5. The summed E-state index contributed by atoms with van der Waals surface area (Å²) in [6.45, 7) is 0. The zero-order valence-electron chi connectivity index (χ0n) is 16.6. The van der Waals surface area contributed by atoms with Crippen LogP contribution in [0.15, 0.2) is 59.1 Å². The second-order valence-electron chi connectivity index (χ2n) is 6.47. The van der Waals surface area contributed by atoms with Gasteiger partial charge in [-0.15, -0.1) is 0 Å². The molecule has 0 spiro atoms. The fourth-order valence-electron chi connectivity index (χ4n) is 3.13. The van der Waals surface area contributed by atoms with Crippen LogP contribution in [0.1, 0.15) is 17.9 Å². The van der Waals surface area contributed by atoms with E-state index in [1.165, 1.54) is 7.11 Å². The van der Waals surface area contributed by atoms with Crippen molar-refractivity contribution >= 4 is 29.3 Å². The average Bonchev–Trinajstić information content (AvgIpc) is 2.77. The van der Waals surface area contributed by atoms with E-state index in [4.69, 9.17) is 9.47 Å². The molecule has 3 rings (SSSR count). The second kappa shape index (κ2) is 9.85. The quantitative estimate of drug-likeness (QED) is 0.708. The highest BCUT2D eigenvalue weighted by atomic mass is 32.2. The van der Waals surface area contributed by atoms with Gasteiger partial charge in [0.25, 0.3) is 0 Å². The van der Waals surface area contributed by atoms with Gasteiger partial charge in [-0.05, 0) is 29.8 Å². The Balaban J connectivity index is 1.75. The van der Waals surface area contributed by atoms with Crippen molar-refractivity contribution in [2.75, 3.05) is 25.3 Å². The van der Waals surface area contributed by atoms with Crippen LogP contribution in [0.3, 0.4) is 0 Å². The number of benzene rings is 2. The topological polar surface area (TPSA) is 100 Å². The normalized spacial score (nSPS) is 15.8. The lowest BCUT2D eigenvalue weighted by Crippen LogP contribution is -2.31. The minimum Gasteiger partial charge on any atom is -0.497 e. The van der Waals surface area contributed by atoms with Crippen molar-refractivity contribution in [1.29, 1.82) is 5.26 Å². The molecule has 7 nitrogen and oxygen atoms in total. The van der Waals surface area contributed by atoms with Crippen molar-refractivity contribution in [3.05, 3.63) is 64.7 Å². The van der Waals surface area contributed by atoms with Crippen LogP contribution in [0.5, 0.6) is 11.5 Å². The molecule has 2 amide bonds. The maximum atomic E-state index is 12.4.